The highest BCUT2D eigenvalue weighted by Gasteiger charge is 2.19. The summed E-state index contributed by atoms with van der Waals surface area (Å²) in [4.78, 5) is 23.6. The molecular formula is C19H29NO4. The number of amides is 1. The summed E-state index contributed by atoms with van der Waals surface area (Å²) in [5.74, 6) is 0.0986. The van der Waals surface area contributed by atoms with Gasteiger partial charge in [0.15, 0.2) is 13.2 Å². The third-order valence-electron chi connectivity index (χ3n) is 3.86. The lowest BCUT2D eigenvalue weighted by Crippen LogP contribution is -2.44. The zero-order valence-corrected chi connectivity index (χ0v) is 15.6. The summed E-state index contributed by atoms with van der Waals surface area (Å²) in [5.41, 5.74) is 1.79. The van der Waals surface area contributed by atoms with E-state index in [2.05, 4.69) is 19.2 Å². The van der Waals surface area contributed by atoms with Gasteiger partial charge in [0.1, 0.15) is 5.75 Å². The molecule has 134 valence electrons. The van der Waals surface area contributed by atoms with E-state index in [1.807, 2.05) is 45.9 Å². The molecule has 0 heterocycles. The number of nitrogens with one attached hydrogen (secondary N) is 1. The summed E-state index contributed by atoms with van der Waals surface area (Å²) in [6.45, 7) is 11.4. The number of benzene rings is 1. The van der Waals surface area contributed by atoms with E-state index in [1.54, 1.807) is 0 Å². The molecule has 0 aromatic heterocycles. The molecule has 0 aliphatic rings. The lowest BCUT2D eigenvalue weighted by Gasteiger charge is -2.24. The molecule has 0 saturated carbocycles. The van der Waals surface area contributed by atoms with Crippen LogP contribution in [0.25, 0.3) is 0 Å². The monoisotopic (exact) mass is 335 g/mol. The van der Waals surface area contributed by atoms with Crippen molar-refractivity contribution in [1.82, 2.24) is 5.32 Å². The standard InChI is InChI=1S/C19H29NO4/c1-7-19(5,6)20-17(21)11-24-18(22)12-23-16-10-14(4)8-9-15(16)13(2)3/h8-10,13H,7,11-12H2,1-6H3,(H,20,21). The summed E-state index contributed by atoms with van der Waals surface area (Å²) < 4.78 is 10.6. The Morgan fingerprint density at radius 1 is 1.21 bits per heavy atom. The van der Waals surface area contributed by atoms with Crippen molar-refractivity contribution in [2.75, 3.05) is 13.2 Å². The second kappa shape index (κ2) is 8.71. The van der Waals surface area contributed by atoms with E-state index in [1.165, 1.54) is 0 Å². The third kappa shape index (κ3) is 6.60. The fraction of sp³-hybridized carbons (Fsp3) is 0.579. The van der Waals surface area contributed by atoms with Gasteiger partial charge in [-0.25, -0.2) is 4.79 Å². The summed E-state index contributed by atoms with van der Waals surface area (Å²) in [5, 5.41) is 2.81. The zero-order chi connectivity index (χ0) is 18.3. The second-order valence-corrected chi connectivity index (χ2v) is 6.93. The molecule has 1 N–H and O–H groups in total. The quantitative estimate of drug-likeness (QED) is 0.740. The van der Waals surface area contributed by atoms with Crippen LogP contribution < -0.4 is 10.1 Å². The Balaban J connectivity index is 2.50. The lowest BCUT2D eigenvalue weighted by atomic mass is 10.0. The van der Waals surface area contributed by atoms with E-state index < -0.39 is 5.97 Å². The van der Waals surface area contributed by atoms with Crippen molar-refractivity contribution < 1.29 is 19.1 Å². The molecule has 1 aromatic rings. The van der Waals surface area contributed by atoms with Crippen LogP contribution in [0, 0.1) is 6.92 Å². The van der Waals surface area contributed by atoms with E-state index in [9.17, 15) is 9.59 Å². The Kier molecular flexibility index (Phi) is 7.26. The van der Waals surface area contributed by atoms with Crippen molar-refractivity contribution in [2.24, 2.45) is 0 Å². The molecule has 0 aliphatic carbocycles. The number of carbonyl (C=O) groups excluding carboxylic acids is 2. The van der Waals surface area contributed by atoms with Gasteiger partial charge in [-0.05, 0) is 50.3 Å². The Morgan fingerprint density at radius 2 is 1.88 bits per heavy atom. The minimum Gasteiger partial charge on any atom is -0.482 e. The topological polar surface area (TPSA) is 64.6 Å². The maximum absolute atomic E-state index is 11.8. The van der Waals surface area contributed by atoms with Crippen LogP contribution in [0.3, 0.4) is 0 Å². The van der Waals surface area contributed by atoms with Gasteiger partial charge in [-0.15, -0.1) is 0 Å². The van der Waals surface area contributed by atoms with E-state index in [-0.39, 0.29) is 24.7 Å². The first-order chi connectivity index (χ1) is 11.1. The molecule has 1 rings (SSSR count). The summed E-state index contributed by atoms with van der Waals surface area (Å²) in [7, 11) is 0. The number of esters is 1. The van der Waals surface area contributed by atoms with Gasteiger partial charge in [0.25, 0.3) is 5.91 Å². The van der Waals surface area contributed by atoms with Gasteiger partial charge in [0.05, 0.1) is 0 Å². The molecule has 0 bridgehead atoms. The van der Waals surface area contributed by atoms with Crippen molar-refractivity contribution in [3.05, 3.63) is 29.3 Å². The molecule has 5 nitrogen and oxygen atoms in total. The van der Waals surface area contributed by atoms with Crippen molar-refractivity contribution in [3.8, 4) is 5.75 Å². The Bertz CT molecular complexity index is 579. The van der Waals surface area contributed by atoms with Gasteiger partial charge in [-0.1, -0.05) is 32.9 Å². The molecule has 0 unspecified atom stereocenters. The highest BCUT2D eigenvalue weighted by atomic mass is 16.6. The number of rotatable bonds is 8. The number of aryl methyl sites for hydroxylation is 1. The average Bonchev–Trinajstić information content (AvgIpc) is 2.50. The first-order valence-corrected chi connectivity index (χ1v) is 8.34. The fourth-order valence-electron chi connectivity index (χ4n) is 2.07. The first-order valence-electron chi connectivity index (χ1n) is 8.34. The van der Waals surface area contributed by atoms with Crippen molar-refractivity contribution in [2.45, 2.75) is 59.4 Å². The first kappa shape index (κ1) is 20.0. The second-order valence-electron chi connectivity index (χ2n) is 6.93. The largest absolute Gasteiger partial charge is 0.482 e. The van der Waals surface area contributed by atoms with Gasteiger partial charge < -0.3 is 14.8 Å². The fourth-order valence-corrected chi connectivity index (χ4v) is 2.07. The van der Waals surface area contributed by atoms with Crippen LogP contribution in [0.5, 0.6) is 5.75 Å². The van der Waals surface area contributed by atoms with Gasteiger partial charge in [-0.3, -0.25) is 4.79 Å². The molecule has 0 atom stereocenters. The molecule has 0 fully saturated rings. The summed E-state index contributed by atoms with van der Waals surface area (Å²) in [6, 6.07) is 5.92. The Hall–Kier alpha value is -2.04. The van der Waals surface area contributed by atoms with Gasteiger partial charge >= 0.3 is 5.97 Å². The predicted octanol–water partition coefficient (Wildman–Crippen LogP) is 3.35. The van der Waals surface area contributed by atoms with Gasteiger partial charge in [0, 0.05) is 5.54 Å². The number of carbonyl (C=O) groups is 2. The molecule has 0 aliphatic heterocycles. The maximum atomic E-state index is 11.8. The molecule has 0 saturated heterocycles. The highest BCUT2D eigenvalue weighted by molar-refractivity contribution is 5.81. The molecule has 0 spiro atoms. The lowest BCUT2D eigenvalue weighted by molar-refractivity contribution is -0.150. The van der Waals surface area contributed by atoms with E-state index >= 15 is 0 Å². The van der Waals surface area contributed by atoms with E-state index in [4.69, 9.17) is 9.47 Å². The smallest absolute Gasteiger partial charge is 0.344 e. The molecule has 1 amide bonds. The van der Waals surface area contributed by atoms with E-state index in [0.29, 0.717) is 11.7 Å². The third-order valence-corrected chi connectivity index (χ3v) is 3.86. The molecule has 24 heavy (non-hydrogen) atoms. The van der Waals surface area contributed by atoms with Crippen LogP contribution in [0.2, 0.25) is 0 Å². The minimum absolute atomic E-state index is 0.215. The van der Waals surface area contributed by atoms with Crippen LogP contribution in [0.15, 0.2) is 18.2 Å². The Labute approximate surface area is 144 Å². The molecule has 5 heteroatoms. The number of hydrogen-bond donors (Lipinski definition) is 1. The normalized spacial score (nSPS) is 11.3. The van der Waals surface area contributed by atoms with Crippen LogP contribution in [0.4, 0.5) is 0 Å². The molecular weight excluding hydrogens is 306 g/mol. The van der Waals surface area contributed by atoms with Crippen molar-refractivity contribution in [1.29, 1.82) is 0 Å². The van der Waals surface area contributed by atoms with Crippen LogP contribution in [0.1, 0.15) is 58.1 Å². The SMILES string of the molecule is CCC(C)(C)NC(=O)COC(=O)COc1cc(C)ccc1C(C)C. The highest BCUT2D eigenvalue weighted by Crippen LogP contribution is 2.27. The Morgan fingerprint density at radius 3 is 2.46 bits per heavy atom. The maximum Gasteiger partial charge on any atom is 0.344 e. The summed E-state index contributed by atoms with van der Waals surface area (Å²) in [6.07, 6.45) is 0.793. The van der Waals surface area contributed by atoms with E-state index in [0.717, 1.165) is 17.5 Å². The molecule has 1 aromatic carbocycles. The van der Waals surface area contributed by atoms with Gasteiger partial charge in [-0.2, -0.15) is 0 Å². The van der Waals surface area contributed by atoms with Gasteiger partial charge in [0.2, 0.25) is 0 Å². The van der Waals surface area contributed by atoms with Crippen molar-refractivity contribution in [3.63, 3.8) is 0 Å². The number of ether oxygens (including phenoxy) is 2. The average molecular weight is 335 g/mol. The number of hydrogen-bond acceptors (Lipinski definition) is 4. The van der Waals surface area contributed by atoms with Crippen LogP contribution >= 0.6 is 0 Å². The van der Waals surface area contributed by atoms with Crippen LogP contribution in [-0.2, 0) is 14.3 Å². The minimum atomic E-state index is -0.560. The van der Waals surface area contributed by atoms with Crippen LogP contribution in [-0.4, -0.2) is 30.6 Å². The zero-order valence-electron chi connectivity index (χ0n) is 15.6. The summed E-state index contributed by atoms with van der Waals surface area (Å²) >= 11 is 0. The van der Waals surface area contributed by atoms with Crippen molar-refractivity contribution >= 4 is 11.9 Å². The molecule has 0 radical (unpaired) electrons. The predicted molar refractivity (Wildman–Crippen MR) is 94.2 cm³/mol.